The van der Waals surface area contributed by atoms with Crippen LogP contribution in [0.5, 0.6) is 0 Å². The molecule has 0 aliphatic rings. The molecule has 1 heterocycles. The number of halogens is 1. The van der Waals surface area contributed by atoms with Gasteiger partial charge in [-0.15, -0.1) is 0 Å². The predicted octanol–water partition coefficient (Wildman–Crippen LogP) is 3.30. The molecular weight excluding hydrogens is 371 g/mol. The minimum absolute atomic E-state index is 0.121. The summed E-state index contributed by atoms with van der Waals surface area (Å²) in [6.45, 7) is 2.83. The van der Waals surface area contributed by atoms with E-state index in [0.29, 0.717) is 24.3 Å². The van der Waals surface area contributed by atoms with E-state index in [9.17, 15) is 14.0 Å². The van der Waals surface area contributed by atoms with E-state index in [4.69, 9.17) is 5.26 Å². The number of aromatic nitrogens is 2. The topological polar surface area (TPSA) is 79.0 Å². The highest BCUT2D eigenvalue weighted by atomic mass is 19.1. The first-order valence-corrected chi connectivity index (χ1v) is 9.16. The fraction of sp³-hybridized carbons (Fsp3) is 0.182. The second kappa shape index (κ2) is 8.93. The van der Waals surface area contributed by atoms with Crippen molar-refractivity contribution in [2.45, 2.75) is 19.9 Å². The Labute approximate surface area is 167 Å². The molecule has 0 unspecified atom stereocenters. The number of nitriles is 1. The molecule has 0 atom stereocenters. The van der Waals surface area contributed by atoms with Crippen LogP contribution in [0, 0.1) is 17.1 Å². The molecule has 6 nitrogen and oxygen atoms in total. The summed E-state index contributed by atoms with van der Waals surface area (Å²) in [5, 5.41) is 13.1. The number of nitrogens with zero attached hydrogens (tertiary/aromatic N) is 4. The molecule has 2 aromatic carbocycles. The third-order valence-electron chi connectivity index (χ3n) is 4.33. The summed E-state index contributed by atoms with van der Waals surface area (Å²) < 4.78 is 14.3. The first-order valence-electron chi connectivity index (χ1n) is 9.16. The minimum Gasteiger partial charge on any atom is -0.333 e. The van der Waals surface area contributed by atoms with Crippen LogP contribution in [0.15, 0.2) is 65.5 Å². The molecule has 0 fully saturated rings. The van der Waals surface area contributed by atoms with Gasteiger partial charge in [0.15, 0.2) is 0 Å². The van der Waals surface area contributed by atoms with E-state index < -0.39 is 11.4 Å². The van der Waals surface area contributed by atoms with Gasteiger partial charge in [0.25, 0.3) is 11.5 Å². The Morgan fingerprint density at radius 3 is 2.41 bits per heavy atom. The van der Waals surface area contributed by atoms with E-state index in [1.54, 1.807) is 29.2 Å². The van der Waals surface area contributed by atoms with Crippen LogP contribution in [0.2, 0.25) is 0 Å². The van der Waals surface area contributed by atoms with Gasteiger partial charge < -0.3 is 4.90 Å². The van der Waals surface area contributed by atoms with Gasteiger partial charge in [-0.2, -0.15) is 15.0 Å². The van der Waals surface area contributed by atoms with Crippen molar-refractivity contribution in [2.75, 3.05) is 6.54 Å². The van der Waals surface area contributed by atoms with Crippen molar-refractivity contribution in [1.29, 1.82) is 5.26 Å². The summed E-state index contributed by atoms with van der Waals surface area (Å²) in [4.78, 5) is 26.9. The van der Waals surface area contributed by atoms with E-state index in [-0.39, 0.29) is 11.6 Å². The molecule has 0 aliphatic heterocycles. The first kappa shape index (κ1) is 20.0. The van der Waals surface area contributed by atoms with Crippen LogP contribution in [-0.2, 0) is 6.54 Å². The molecule has 0 spiro atoms. The van der Waals surface area contributed by atoms with Gasteiger partial charge in [0, 0.05) is 19.2 Å². The third kappa shape index (κ3) is 4.74. The van der Waals surface area contributed by atoms with Crippen molar-refractivity contribution >= 4 is 5.91 Å². The fourth-order valence-electron chi connectivity index (χ4n) is 2.88. The minimum atomic E-state index is -0.425. The van der Waals surface area contributed by atoms with Crippen molar-refractivity contribution in [3.8, 4) is 11.8 Å². The zero-order valence-electron chi connectivity index (χ0n) is 15.9. The molecule has 0 saturated carbocycles. The van der Waals surface area contributed by atoms with Crippen LogP contribution < -0.4 is 5.56 Å². The van der Waals surface area contributed by atoms with Gasteiger partial charge >= 0.3 is 0 Å². The lowest BCUT2D eigenvalue weighted by atomic mass is 10.1. The third-order valence-corrected chi connectivity index (χ3v) is 4.33. The molecule has 3 rings (SSSR count). The second-order valence-corrected chi connectivity index (χ2v) is 6.48. The maximum atomic E-state index is 13.2. The van der Waals surface area contributed by atoms with Crippen LogP contribution in [0.1, 0.15) is 35.0 Å². The number of hydrogen-bond donors (Lipinski definition) is 0. The van der Waals surface area contributed by atoms with Gasteiger partial charge in [-0.1, -0.05) is 19.1 Å². The number of carbonyl (C=O) groups is 1. The monoisotopic (exact) mass is 390 g/mol. The maximum Gasteiger partial charge on any atom is 0.274 e. The maximum absolute atomic E-state index is 13.2. The van der Waals surface area contributed by atoms with E-state index in [1.807, 2.05) is 6.92 Å². The Bertz CT molecular complexity index is 1100. The van der Waals surface area contributed by atoms with Crippen LogP contribution in [0.25, 0.3) is 5.69 Å². The van der Waals surface area contributed by atoms with Gasteiger partial charge in [0.1, 0.15) is 11.5 Å². The molecule has 29 heavy (non-hydrogen) atoms. The predicted molar refractivity (Wildman–Crippen MR) is 106 cm³/mol. The number of rotatable bonds is 6. The highest BCUT2D eigenvalue weighted by molar-refractivity contribution is 5.92. The van der Waals surface area contributed by atoms with Gasteiger partial charge in [-0.25, -0.2) is 4.39 Å². The van der Waals surface area contributed by atoms with Crippen LogP contribution in [0.3, 0.4) is 0 Å². The standard InChI is InChI=1S/C22H19FN4O2/c1-2-13-26(15-17-5-3-16(14-24)4-6-17)22(29)20-11-12-21(28)27(25-20)19-9-7-18(23)8-10-19/h3-12H,2,13,15H2,1H3. The smallest absolute Gasteiger partial charge is 0.274 e. The van der Waals surface area contributed by atoms with Crippen molar-refractivity contribution in [3.63, 3.8) is 0 Å². The molecule has 3 aromatic rings. The Morgan fingerprint density at radius 2 is 1.79 bits per heavy atom. The molecule has 146 valence electrons. The highest BCUT2D eigenvalue weighted by Gasteiger charge is 2.18. The summed E-state index contributed by atoms with van der Waals surface area (Å²) in [7, 11) is 0. The van der Waals surface area contributed by atoms with Gasteiger partial charge in [-0.3, -0.25) is 9.59 Å². The SMILES string of the molecule is CCCN(Cc1ccc(C#N)cc1)C(=O)c1ccc(=O)n(-c2ccc(F)cc2)n1. The van der Waals surface area contributed by atoms with Crippen molar-refractivity contribution in [3.05, 3.63) is 93.7 Å². The summed E-state index contributed by atoms with van der Waals surface area (Å²) in [5.74, 6) is -0.738. The first-order chi connectivity index (χ1) is 14.0. The summed E-state index contributed by atoms with van der Waals surface area (Å²) in [5.41, 5.74) is 1.52. The van der Waals surface area contributed by atoms with E-state index in [0.717, 1.165) is 16.7 Å². The van der Waals surface area contributed by atoms with Crippen LogP contribution in [0.4, 0.5) is 4.39 Å². The summed E-state index contributed by atoms with van der Waals surface area (Å²) in [6, 6.07) is 17.1. The molecule has 1 aromatic heterocycles. The van der Waals surface area contributed by atoms with Gasteiger partial charge in [-0.05, 0) is 54.4 Å². The zero-order chi connectivity index (χ0) is 20.8. The lowest BCUT2D eigenvalue weighted by Crippen LogP contribution is -2.34. The van der Waals surface area contributed by atoms with Crippen LogP contribution >= 0.6 is 0 Å². The number of hydrogen-bond acceptors (Lipinski definition) is 4. The highest BCUT2D eigenvalue weighted by Crippen LogP contribution is 2.12. The van der Waals surface area contributed by atoms with E-state index in [1.165, 1.54) is 36.4 Å². The molecule has 0 N–H and O–H groups in total. The Balaban J connectivity index is 1.89. The van der Waals surface area contributed by atoms with Gasteiger partial charge in [0.2, 0.25) is 0 Å². The Hall–Kier alpha value is -3.79. The molecule has 0 bridgehead atoms. The van der Waals surface area contributed by atoms with E-state index in [2.05, 4.69) is 11.2 Å². The summed E-state index contributed by atoms with van der Waals surface area (Å²) >= 11 is 0. The molecule has 0 saturated heterocycles. The average Bonchev–Trinajstić information content (AvgIpc) is 2.74. The number of carbonyl (C=O) groups excluding carboxylic acids is 1. The quantitative estimate of drug-likeness (QED) is 0.647. The van der Waals surface area contributed by atoms with Gasteiger partial charge in [0.05, 0.1) is 17.3 Å². The zero-order valence-corrected chi connectivity index (χ0v) is 15.9. The summed E-state index contributed by atoms with van der Waals surface area (Å²) in [6.07, 6.45) is 0.750. The van der Waals surface area contributed by atoms with Crippen molar-refractivity contribution in [2.24, 2.45) is 0 Å². The fourth-order valence-corrected chi connectivity index (χ4v) is 2.88. The van der Waals surface area contributed by atoms with Crippen molar-refractivity contribution in [1.82, 2.24) is 14.7 Å². The lowest BCUT2D eigenvalue weighted by molar-refractivity contribution is 0.0735. The molecule has 1 amide bonds. The Kier molecular flexibility index (Phi) is 6.15. The largest absolute Gasteiger partial charge is 0.333 e. The molecule has 7 heteroatoms. The molecular formula is C22H19FN4O2. The van der Waals surface area contributed by atoms with Crippen molar-refractivity contribution < 1.29 is 9.18 Å². The average molecular weight is 390 g/mol. The molecule has 0 radical (unpaired) electrons. The second-order valence-electron chi connectivity index (χ2n) is 6.48. The Morgan fingerprint density at radius 1 is 1.10 bits per heavy atom. The van der Waals surface area contributed by atoms with Crippen LogP contribution in [-0.4, -0.2) is 27.1 Å². The number of amides is 1. The lowest BCUT2D eigenvalue weighted by Gasteiger charge is -2.22. The molecule has 0 aliphatic carbocycles. The normalized spacial score (nSPS) is 10.4. The van der Waals surface area contributed by atoms with E-state index >= 15 is 0 Å². The number of benzene rings is 2.